The van der Waals surface area contributed by atoms with E-state index in [0.29, 0.717) is 13.1 Å². The number of nitrogens with one attached hydrogen (secondary N) is 2. The molecule has 2 aliphatic rings. The van der Waals surface area contributed by atoms with E-state index in [1.54, 1.807) is 0 Å². The average molecular weight is 269 g/mol. The standard InChI is InChI=1S/C13H23N3O3/c1-8(2)14-13(18)15-10-4-6-16(7-5-10)12(17)11-9(3)19-11/h8-11H,4-7H2,1-3H3,(H2,14,15,18)/t9-,11+/m0/s1. The van der Waals surface area contributed by atoms with Crippen molar-refractivity contribution in [2.24, 2.45) is 0 Å². The molecule has 0 unspecified atom stereocenters. The highest BCUT2D eigenvalue weighted by Crippen LogP contribution is 2.24. The second-order valence-corrected chi connectivity index (χ2v) is 5.63. The molecule has 0 radical (unpaired) electrons. The Morgan fingerprint density at radius 1 is 1.26 bits per heavy atom. The zero-order chi connectivity index (χ0) is 14.0. The number of carbonyl (C=O) groups excluding carboxylic acids is 2. The Morgan fingerprint density at radius 2 is 1.84 bits per heavy atom. The molecule has 2 heterocycles. The van der Waals surface area contributed by atoms with Crippen molar-refractivity contribution in [3.63, 3.8) is 0 Å². The Hall–Kier alpha value is -1.30. The molecule has 0 aliphatic carbocycles. The number of amides is 3. The molecular formula is C13H23N3O3. The van der Waals surface area contributed by atoms with Gasteiger partial charge in [-0.1, -0.05) is 0 Å². The van der Waals surface area contributed by atoms with Gasteiger partial charge in [0.05, 0.1) is 6.10 Å². The summed E-state index contributed by atoms with van der Waals surface area (Å²) in [5.74, 6) is 0.0950. The number of carbonyl (C=O) groups is 2. The normalized spacial score (nSPS) is 27.3. The largest absolute Gasteiger partial charge is 0.359 e. The van der Waals surface area contributed by atoms with Crippen LogP contribution in [-0.2, 0) is 9.53 Å². The first-order valence-corrected chi connectivity index (χ1v) is 6.98. The van der Waals surface area contributed by atoms with E-state index in [-0.39, 0.29) is 36.2 Å². The summed E-state index contributed by atoms with van der Waals surface area (Å²) in [6, 6.07) is 0.162. The monoisotopic (exact) mass is 269 g/mol. The number of hydrogen-bond donors (Lipinski definition) is 2. The molecular weight excluding hydrogens is 246 g/mol. The molecule has 0 spiro atoms. The summed E-state index contributed by atoms with van der Waals surface area (Å²) < 4.78 is 5.20. The van der Waals surface area contributed by atoms with Crippen molar-refractivity contribution < 1.29 is 14.3 Å². The molecule has 2 rings (SSSR count). The van der Waals surface area contributed by atoms with Gasteiger partial charge in [0.15, 0.2) is 6.10 Å². The summed E-state index contributed by atoms with van der Waals surface area (Å²) in [6.45, 7) is 7.15. The third-order valence-corrected chi connectivity index (χ3v) is 3.52. The van der Waals surface area contributed by atoms with E-state index < -0.39 is 0 Å². The number of nitrogens with zero attached hydrogens (tertiary/aromatic N) is 1. The maximum Gasteiger partial charge on any atom is 0.315 e. The van der Waals surface area contributed by atoms with E-state index in [1.807, 2.05) is 25.7 Å². The first-order valence-electron chi connectivity index (χ1n) is 6.98. The lowest BCUT2D eigenvalue weighted by Gasteiger charge is -2.32. The molecule has 6 heteroatoms. The Morgan fingerprint density at radius 3 is 2.32 bits per heavy atom. The van der Waals surface area contributed by atoms with Crippen LogP contribution < -0.4 is 10.6 Å². The van der Waals surface area contributed by atoms with Crippen LogP contribution >= 0.6 is 0 Å². The van der Waals surface area contributed by atoms with Crippen molar-refractivity contribution in [3.05, 3.63) is 0 Å². The van der Waals surface area contributed by atoms with Crippen LogP contribution in [0.2, 0.25) is 0 Å². The number of ether oxygens (including phenoxy) is 1. The summed E-state index contributed by atoms with van der Waals surface area (Å²) in [5, 5.41) is 5.75. The van der Waals surface area contributed by atoms with Crippen molar-refractivity contribution in [1.29, 1.82) is 0 Å². The van der Waals surface area contributed by atoms with Crippen LogP contribution in [0.15, 0.2) is 0 Å². The summed E-state index contributed by atoms with van der Waals surface area (Å²) in [5.41, 5.74) is 0. The van der Waals surface area contributed by atoms with Gasteiger partial charge < -0.3 is 20.3 Å². The smallest absolute Gasteiger partial charge is 0.315 e. The quantitative estimate of drug-likeness (QED) is 0.732. The summed E-state index contributed by atoms with van der Waals surface area (Å²) >= 11 is 0. The Balaban J connectivity index is 1.70. The third-order valence-electron chi connectivity index (χ3n) is 3.52. The fraction of sp³-hybridized carbons (Fsp3) is 0.846. The van der Waals surface area contributed by atoms with Gasteiger partial charge in [-0.2, -0.15) is 0 Å². The van der Waals surface area contributed by atoms with Gasteiger partial charge in [-0.05, 0) is 33.6 Å². The third kappa shape index (κ3) is 3.83. The minimum Gasteiger partial charge on any atom is -0.359 e. The van der Waals surface area contributed by atoms with Gasteiger partial charge in [0, 0.05) is 25.2 Å². The van der Waals surface area contributed by atoms with Gasteiger partial charge >= 0.3 is 6.03 Å². The fourth-order valence-corrected chi connectivity index (χ4v) is 2.36. The molecule has 108 valence electrons. The molecule has 0 aromatic carbocycles. The van der Waals surface area contributed by atoms with Crippen LogP contribution in [0.5, 0.6) is 0 Å². The fourth-order valence-electron chi connectivity index (χ4n) is 2.36. The van der Waals surface area contributed by atoms with Gasteiger partial charge in [0.2, 0.25) is 0 Å². The summed E-state index contributed by atoms with van der Waals surface area (Å²) in [7, 11) is 0. The lowest BCUT2D eigenvalue weighted by Crippen LogP contribution is -2.50. The highest BCUT2D eigenvalue weighted by atomic mass is 16.6. The van der Waals surface area contributed by atoms with E-state index in [1.165, 1.54) is 0 Å². The number of hydrogen-bond acceptors (Lipinski definition) is 3. The molecule has 0 bridgehead atoms. The van der Waals surface area contributed by atoms with Crippen molar-refractivity contribution in [1.82, 2.24) is 15.5 Å². The van der Waals surface area contributed by atoms with E-state index in [9.17, 15) is 9.59 Å². The van der Waals surface area contributed by atoms with Crippen molar-refractivity contribution in [3.8, 4) is 0 Å². The zero-order valence-electron chi connectivity index (χ0n) is 11.8. The molecule has 2 fully saturated rings. The minimum absolute atomic E-state index is 0.0696. The summed E-state index contributed by atoms with van der Waals surface area (Å²) in [4.78, 5) is 25.4. The molecule has 19 heavy (non-hydrogen) atoms. The van der Waals surface area contributed by atoms with E-state index >= 15 is 0 Å². The molecule has 2 atom stereocenters. The number of urea groups is 1. The van der Waals surface area contributed by atoms with Crippen molar-refractivity contribution >= 4 is 11.9 Å². The zero-order valence-corrected chi connectivity index (χ0v) is 11.8. The average Bonchev–Trinajstić information content (AvgIpc) is 3.05. The number of rotatable bonds is 3. The lowest BCUT2D eigenvalue weighted by molar-refractivity contribution is -0.133. The molecule has 2 saturated heterocycles. The number of piperidine rings is 1. The van der Waals surface area contributed by atoms with Gasteiger partial charge in [-0.15, -0.1) is 0 Å². The molecule has 6 nitrogen and oxygen atoms in total. The molecule has 0 aromatic rings. The second-order valence-electron chi connectivity index (χ2n) is 5.63. The highest BCUT2D eigenvalue weighted by molar-refractivity contribution is 5.83. The van der Waals surface area contributed by atoms with Crippen LogP contribution in [-0.4, -0.2) is 54.2 Å². The topological polar surface area (TPSA) is 74.0 Å². The van der Waals surface area contributed by atoms with Crippen LogP contribution in [0.25, 0.3) is 0 Å². The maximum absolute atomic E-state index is 11.9. The Kier molecular flexibility index (Phi) is 4.29. The van der Waals surface area contributed by atoms with Gasteiger partial charge in [0.1, 0.15) is 0 Å². The second kappa shape index (κ2) is 5.77. The van der Waals surface area contributed by atoms with Crippen LogP contribution in [0.1, 0.15) is 33.6 Å². The van der Waals surface area contributed by atoms with E-state index in [2.05, 4.69) is 10.6 Å². The van der Waals surface area contributed by atoms with Gasteiger partial charge in [0.25, 0.3) is 5.91 Å². The van der Waals surface area contributed by atoms with Crippen LogP contribution in [0, 0.1) is 0 Å². The predicted octanol–water partition coefficient (Wildman–Crippen LogP) is 0.472. The molecule has 3 amide bonds. The van der Waals surface area contributed by atoms with E-state index in [0.717, 1.165) is 12.8 Å². The molecule has 2 aliphatic heterocycles. The highest BCUT2D eigenvalue weighted by Gasteiger charge is 2.44. The van der Waals surface area contributed by atoms with Crippen molar-refractivity contribution in [2.45, 2.75) is 57.9 Å². The van der Waals surface area contributed by atoms with Crippen molar-refractivity contribution in [2.75, 3.05) is 13.1 Å². The minimum atomic E-state index is -0.228. The SMILES string of the molecule is CC(C)NC(=O)NC1CCN(C(=O)[C@@H]2O[C@H]2C)CC1. The number of epoxide rings is 1. The first-order chi connectivity index (χ1) is 8.97. The van der Waals surface area contributed by atoms with Gasteiger partial charge in [-0.3, -0.25) is 4.79 Å². The van der Waals surface area contributed by atoms with E-state index in [4.69, 9.17) is 4.74 Å². The Bertz CT molecular complexity index is 351. The van der Waals surface area contributed by atoms with Crippen LogP contribution in [0.4, 0.5) is 4.79 Å². The lowest BCUT2D eigenvalue weighted by atomic mass is 10.0. The van der Waals surface area contributed by atoms with Gasteiger partial charge in [-0.25, -0.2) is 4.79 Å². The first kappa shape index (κ1) is 14.1. The molecule has 0 saturated carbocycles. The number of likely N-dealkylation sites (tertiary alicyclic amines) is 1. The van der Waals surface area contributed by atoms with Crippen LogP contribution in [0.3, 0.4) is 0 Å². The predicted molar refractivity (Wildman–Crippen MR) is 70.7 cm³/mol. The molecule has 0 aromatic heterocycles. The summed E-state index contributed by atoms with van der Waals surface area (Å²) in [6.07, 6.45) is 1.45. The Labute approximate surface area is 113 Å². The maximum atomic E-state index is 11.9. The molecule has 2 N–H and O–H groups in total.